The lowest BCUT2D eigenvalue weighted by atomic mass is 9.83. The number of aliphatic hydroxyl groups excluding tert-OH is 1. The predicted octanol–water partition coefficient (Wildman–Crippen LogP) is 2.63. The minimum absolute atomic E-state index is 0.0204. The van der Waals surface area contributed by atoms with Gasteiger partial charge in [0.25, 0.3) is 0 Å². The molecule has 0 aromatic heterocycles. The predicted molar refractivity (Wildman–Crippen MR) is 76.7 cm³/mol. The summed E-state index contributed by atoms with van der Waals surface area (Å²) in [5.41, 5.74) is 0.122. The fraction of sp³-hybridized carbons (Fsp3) is 0.688. The minimum Gasteiger partial charge on any atom is -0.396 e. The van der Waals surface area contributed by atoms with E-state index in [0.717, 1.165) is 24.8 Å². The van der Waals surface area contributed by atoms with Gasteiger partial charge in [-0.15, -0.1) is 6.58 Å². The molecule has 0 spiro atoms. The molecule has 19 heavy (non-hydrogen) atoms. The fourth-order valence-corrected chi connectivity index (χ4v) is 2.83. The van der Waals surface area contributed by atoms with Crippen LogP contribution in [-0.2, 0) is 4.79 Å². The van der Waals surface area contributed by atoms with E-state index >= 15 is 0 Å². The highest BCUT2D eigenvalue weighted by Gasteiger charge is 2.35. The van der Waals surface area contributed by atoms with E-state index < -0.39 is 5.60 Å². The van der Waals surface area contributed by atoms with Gasteiger partial charge in [0.2, 0.25) is 0 Å². The molecule has 1 aliphatic carbocycles. The Morgan fingerprint density at radius 1 is 1.47 bits per heavy atom. The maximum atomic E-state index is 12.3. The van der Waals surface area contributed by atoms with Crippen molar-refractivity contribution >= 4 is 5.78 Å². The highest BCUT2D eigenvalue weighted by Crippen LogP contribution is 2.34. The molecule has 2 N–H and O–H groups in total. The van der Waals surface area contributed by atoms with Crippen LogP contribution in [0.5, 0.6) is 0 Å². The van der Waals surface area contributed by atoms with E-state index in [1.807, 2.05) is 6.08 Å². The van der Waals surface area contributed by atoms with Gasteiger partial charge in [-0.25, -0.2) is 0 Å². The van der Waals surface area contributed by atoms with Crippen LogP contribution < -0.4 is 0 Å². The van der Waals surface area contributed by atoms with Gasteiger partial charge in [-0.3, -0.25) is 4.79 Å². The van der Waals surface area contributed by atoms with E-state index in [-0.39, 0.29) is 24.2 Å². The average molecular weight is 266 g/mol. The average Bonchev–Trinajstić information content (AvgIpc) is 2.46. The van der Waals surface area contributed by atoms with Crippen molar-refractivity contribution < 1.29 is 15.0 Å². The summed E-state index contributed by atoms with van der Waals surface area (Å²) in [5.74, 6) is -0.0665. The molecule has 3 nitrogen and oxygen atoms in total. The van der Waals surface area contributed by atoms with E-state index in [1.165, 1.54) is 0 Å². The summed E-state index contributed by atoms with van der Waals surface area (Å²) in [4.78, 5) is 12.3. The first-order chi connectivity index (χ1) is 8.90. The van der Waals surface area contributed by atoms with E-state index in [0.29, 0.717) is 12.8 Å². The smallest absolute Gasteiger partial charge is 0.161 e. The third kappa shape index (κ3) is 4.59. The van der Waals surface area contributed by atoms with Crippen LogP contribution in [0, 0.1) is 11.8 Å². The monoisotopic (exact) mass is 266 g/mol. The molecule has 0 amide bonds. The van der Waals surface area contributed by atoms with E-state index in [2.05, 4.69) is 6.58 Å². The molecule has 0 radical (unpaired) electrons. The molecule has 3 heteroatoms. The van der Waals surface area contributed by atoms with Crippen LogP contribution in [0.4, 0.5) is 0 Å². The molecule has 2 atom stereocenters. The van der Waals surface area contributed by atoms with Crippen molar-refractivity contribution in [2.45, 2.75) is 51.6 Å². The molecule has 0 aromatic rings. The van der Waals surface area contributed by atoms with Crippen LogP contribution in [-0.4, -0.2) is 28.2 Å². The van der Waals surface area contributed by atoms with E-state index in [1.54, 1.807) is 19.9 Å². The van der Waals surface area contributed by atoms with Gasteiger partial charge >= 0.3 is 0 Å². The molecule has 0 bridgehead atoms. The number of allylic oxidation sites excluding steroid dienone is 3. The lowest BCUT2D eigenvalue weighted by Crippen LogP contribution is -2.35. The molecule has 108 valence electrons. The third-order valence-electron chi connectivity index (χ3n) is 3.97. The van der Waals surface area contributed by atoms with Crippen molar-refractivity contribution in [3.8, 4) is 0 Å². The number of aliphatic hydroxyl groups is 2. The van der Waals surface area contributed by atoms with Gasteiger partial charge in [0, 0.05) is 12.5 Å². The summed E-state index contributed by atoms with van der Waals surface area (Å²) in [6, 6.07) is 0. The highest BCUT2D eigenvalue weighted by molar-refractivity contribution is 5.93. The second-order valence-corrected chi connectivity index (χ2v) is 5.94. The molecular formula is C16H26O3. The standard InChI is InChI=1S/C16H26O3/c1-4-5-6-13-11-15(18)14(16(2,3)19)8-7-12(13)9-10-17/h4,11-12,14,17,19H,1,5-10H2,2-3H3/t12-,14?/m0/s1. The van der Waals surface area contributed by atoms with Gasteiger partial charge in [-0.1, -0.05) is 11.6 Å². The van der Waals surface area contributed by atoms with E-state index in [9.17, 15) is 9.90 Å². The first-order valence-electron chi connectivity index (χ1n) is 7.08. The molecule has 0 saturated heterocycles. The van der Waals surface area contributed by atoms with Crippen LogP contribution >= 0.6 is 0 Å². The summed E-state index contributed by atoms with van der Waals surface area (Å²) in [6.07, 6.45) is 7.44. The third-order valence-corrected chi connectivity index (χ3v) is 3.97. The van der Waals surface area contributed by atoms with Crippen molar-refractivity contribution in [2.75, 3.05) is 6.61 Å². The number of carbonyl (C=O) groups excluding carboxylic acids is 1. The number of carbonyl (C=O) groups is 1. The normalized spacial score (nSPS) is 24.8. The van der Waals surface area contributed by atoms with Crippen molar-refractivity contribution in [2.24, 2.45) is 11.8 Å². The lowest BCUT2D eigenvalue weighted by molar-refractivity contribution is -0.125. The molecular weight excluding hydrogens is 240 g/mol. The SMILES string of the molecule is C=CCCC1=CC(=O)C(C(C)(C)O)CC[C@H]1CCO. The van der Waals surface area contributed by atoms with Crippen molar-refractivity contribution in [3.05, 3.63) is 24.3 Å². The Balaban J connectivity index is 2.93. The largest absolute Gasteiger partial charge is 0.396 e. The zero-order valence-corrected chi connectivity index (χ0v) is 12.1. The van der Waals surface area contributed by atoms with Gasteiger partial charge in [-0.2, -0.15) is 0 Å². The van der Waals surface area contributed by atoms with Gasteiger partial charge in [0.15, 0.2) is 5.78 Å². The summed E-state index contributed by atoms with van der Waals surface area (Å²) >= 11 is 0. The van der Waals surface area contributed by atoms with Crippen LogP contribution in [0.15, 0.2) is 24.3 Å². The minimum atomic E-state index is -0.981. The fourth-order valence-electron chi connectivity index (χ4n) is 2.83. The number of hydrogen-bond acceptors (Lipinski definition) is 3. The van der Waals surface area contributed by atoms with Crippen LogP contribution in [0.1, 0.15) is 46.0 Å². The molecule has 0 saturated carbocycles. The Hall–Kier alpha value is -0.930. The zero-order valence-electron chi connectivity index (χ0n) is 12.1. The van der Waals surface area contributed by atoms with Gasteiger partial charge in [-0.05, 0) is 57.9 Å². The molecule has 1 aliphatic rings. The van der Waals surface area contributed by atoms with Crippen molar-refractivity contribution in [3.63, 3.8) is 0 Å². The highest BCUT2D eigenvalue weighted by atomic mass is 16.3. The molecule has 1 rings (SSSR count). The molecule has 0 fully saturated rings. The van der Waals surface area contributed by atoms with Crippen molar-refractivity contribution in [1.82, 2.24) is 0 Å². The summed E-state index contributed by atoms with van der Waals surface area (Å²) < 4.78 is 0. The number of hydrogen-bond donors (Lipinski definition) is 2. The molecule has 1 unspecified atom stereocenters. The summed E-state index contributed by atoms with van der Waals surface area (Å²) in [6.45, 7) is 7.23. The number of rotatable bonds is 6. The van der Waals surface area contributed by atoms with Crippen LogP contribution in [0.25, 0.3) is 0 Å². The topological polar surface area (TPSA) is 57.5 Å². The Morgan fingerprint density at radius 3 is 2.68 bits per heavy atom. The maximum absolute atomic E-state index is 12.3. The van der Waals surface area contributed by atoms with Gasteiger partial charge in [0.1, 0.15) is 0 Å². The van der Waals surface area contributed by atoms with Crippen LogP contribution in [0.3, 0.4) is 0 Å². The Kier molecular flexibility index (Phi) is 5.95. The first kappa shape index (κ1) is 16.1. The zero-order chi connectivity index (χ0) is 14.5. The first-order valence-corrected chi connectivity index (χ1v) is 7.08. The van der Waals surface area contributed by atoms with E-state index in [4.69, 9.17) is 5.11 Å². The molecule has 0 heterocycles. The van der Waals surface area contributed by atoms with Gasteiger partial charge in [0.05, 0.1) is 5.60 Å². The van der Waals surface area contributed by atoms with Crippen LogP contribution in [0.2, 0.25) is 0 Å². The Bertz CT molecular complexity index is 349. The number of ketones is 1. The summed E-state index contributed by atoms with van der Waals surface area (Å²) in [7, 11) is 0. The quantitative estimate of drug-likeness (QED) is 0.727. The Morgan fingerprint density at radius 2 is 2.16 bits per heavy atom. The lowest BCUT2D eigenvalue weighted by Gasteiger charge is -2.26. The van der Waals surface area contributed by atoms with Gasteiger partial charge < -0.3 is 10.2 Å². The second kappa shape index (κ2) is 7.01. The summed E-state index contributed by atoms with van der Waals surface area (Å²) in [5, 5.41) is 19.3. The second-order valence-electron chi connectivity index (χ2n) is 5.94. The molecule has 0 aliphatic heterocycles. The van der Waals surface area contributed by atoms with Crippen molar-refractivity contribution in [1.29, 1.82) is 0 Å². The maximum Gasteiger partial charge on any atom is 0.161 e. The Labute approximate surface area is 116 Å². The molecule has 0 aromatic carbocycles.